The van der Waals surface area contributed by atoms with Crippen LogP contribution < -0.4 is 16.0 Å². The van der Waals surface area contributed by atoms with Crippen molar-refractivity contribution < 1.29 is 9.18 Å². The highest BCUT2D eigenvalue weighted by molar-refractivity contribution is 5.85. The first-order valence-electron chi connectivity index (χ1n) is 6.29. The van der Waals surface area contributed by atoms with Crippen LogP contribution in [0.3, 0.4) is 0 Å². The molecule has 0 aromatic heterocycles. The van der Waals surface area contributed by atoms with Crippen molar-refractivity contribution in [3.8, 4) is 0 Å². The maximum Gasteiger partial charge on any atom is 0.239 e. The first-order chi connectivity index (χ1) is 8.74. The van der Waals surface area contributed by atoms with Gasteiger partial charge in [-0.1, -0.05) is 0 Å². The average Bonchev–Trinajstić information content (AvgIpc) is 2.28. The molecule has 0 radical (unpaired) electrons. The highest BCUT2D eigenvalue weighted by Crippen LogP contribution is 2.16. The summed E-state index contributed by atoms with van der Waals surface area (Å²) in [6.07, 6.45) is 0. The van der Waals surface area contributed by atoms with Crippen molar-refractivity contribution in [2.45, 2.75) is 32.4 Å². The van der Waals surface area contributed by atoms with Crippen molar-refractivity contribution in [3.05, 3.63) is 30.1 Å². The molecule has 1 rings (SSSR count). The Morgan fingerprint density at radius 3 is 2.37 bits per heavy atom. The molecule has 0 saturated carbocycles. The molecule has 0 heterocycles. The molecule has 4 nitrogen and oxygen atoms in total. The van der Waals surface area contributed by atoms with Gasteiger partial charge in [-0.15, -0.1) is 0 Å². The van der Waals surface area contributed by atoms with Crippen molar-refractivity contribution in [1.29, 1.82) is 0 Å². The van der Waals surface area contributed by atoms with E-state index in [1.165, 1.54) is 12.1 Å². The summed E-state index contributed by atoms with van der Waals surface area (Å²) >= 11 is 0. The topological polar surface area (TPSA) is 58.4 Å². The molecular formula is C14H22FN3O. The van der Waals surface area contributed by atoms with Crippen LogP contribution in [-0.4, -0.2) is 31.1 Å². The Morgan fingerprint density at radius 1 is 1.42 bits per heavy atom. The van der Waals surface area contributed by atoms with Gasteiger partial charge >= 0.3 is 0 Å². The first kappa shape index (κ1) is 15.4. The molecule has 0 spiro atoms. The minimum absolute atomic E-state index is 0.138. The Morgan fingerprint density at radius 2 is 1.95 bits per heavy atom. The molecule has 106 valence electrons. The van der Waals surface area contributed by atoms with E-state index in [4.69, 9.17) is 5.73 Å². The summed E-state index contributed by atoms with van der Waals surface area (Å²) in [6.45, 7) is 6.10. The third-order valence-electron chi connectivity index (χ3n) is 2.97. The van der Waals surface area contributed by atoms with Crippen LogP contribution in [0.4, 0.5) is 10.1 Å². The second-order valence-electron chi connectivity index (χ2n) is 5.33. The molecule has 0 aliphatic rings. The van der Waals surface area contributed by atoms with Gasteiger partial charge in [0.2, 0.25) is 5.91 Å². The minimum Gasteiger partial charge on any atom is -0.372 e. The van der Waals surface area contributed by atoms with Gasteiger partial charge in [-0.3, -0.25) is 10.1 Å². The highest BCUT2D eigenvalue weighted by atomic mass is 19.1. The number of nitrogens with two attached hydrogens (primary N) is 1. The van der Waals surface area contributed by atoms with Gasteiger partial charge in [0, 0.05) is 25.3 Å². The lowest BCUT2D eigenvalue weighted by Gasteiger charge is -2.34. The van der Waals surface area contributed by atoms with Crippen molar-refractivity contribution in [2.24, 2.45) is 5.73 Å². The van der Waals surface area contributed by atoms with Crippen LogP contribution in [0.5, 0.6) is 0 Å². The number of hydrogen-bond donors (Lipinski definition) is 2. The van der Waals surface area contributed by atoms with E-state index in [-0.39, 0.29) is 11.9 Å². The lowest BCUT2D eigenvalue weighted by atomic mass is 9.99. The van der Waals surface area contributed by atoms with E-state index in [1.807, 2.05) is 25.8 Å². The van der Waals surface area contributed by atoms with Crippen molar-refractivity contribution >= 4 is 11.6 Å². The van der Waals surface area contributed by atoms with E-state index in [9.17, 15) is 9.18 Å². The van der Waals surface area contributed by atoms with Crippen LogP contribution in [0, 0.1) is 5.82 Å². The summed E-state index contributed by atoms with van der Waals surface area (Å²) in [5, 5.41) is 3.18. The minimum atomic E-state index is -0.836. The summed E-state index contributed by atoms with van der Waals surface area (Å²) < 4.78 is 12.9. The molecule has 0 bridgehead atoms. The van der Waals surface area contributed by atoms with Gasteiger partial charge < -0.3 is 10.6 Å². The number of rotatable bonds is 6. The Kier molecular flexibility index (Phi) is 4.89. The van der Waals surface area contributed by atoms with Gasteiger partial charge in [-0.05, 0) is 45.0 Å². The summed E-state index contributed by atoms with van der Waals surface area (Å²) in [4.78, 5) is 13.5. The fraction of sp³-hybridized carbons (Fsp3) is 0.500. The van der Waals surface area contributed by atoms with Crippen LogP contribution >= 0.6 is 0 Å². The van der Waals surface area contributed by atoms with E-state index in [2.05, 4.69) is 5.32 Å². The molecular weight excluding hydrogens is 245 g/mol. The molecule has 1 aromatic carbocycles. The quantitative estimate of drug-likeness (QED) is 0.821. The molecule has 5 heteroatoms. The monoisotopic (exact) mass is 267 g/mol. The second-order valence-corrected chi connectivity index (χ2v) is 5.33. The molecule has 19 heavy (non-hydrogen) atoms. The average molecular weight is 267 g/mol. The summed E-state index contributed by atoms with van der Waals surface area (Å²) in [5.41, 5.74) is 5.48. The van der Waals surface area contributed by atoms with Crippen LogP contribution in [0.15, 0.2) is 24.3 Å². The predicted octanol–water partition coefficient (Wildman–Crippen LogP) is 1.50. The lowest BCUT2D eigenvalue weighted by molar-refractivity contribution is -0.123. The Bertz CT molecular complexity index is 433. The third kappa shape index (κ3) is 4.21. The molecule has 0 aliphatic heterocycles. The number of likely N-dealkylation sites (N-methyl/N-ethyl adjacent to an activating group) is 1. The Hall–Kier alpha value is -1.62. The number of anilines is 1. The number of carbonyl (C=O) groups excluding carboxylic acids is 1. The molecule has 0 aliphatic carbocycles. The fourth-order valence-corrected chi connectivity index (χ4v) is 2.09. The van der Waals surface area contributed by atoms with Crippen LogP contribution in [0.25, 0.3) is 0 Å². The van der Waals surface area contributed by atoms with E-state index >= 15 is 0 Å². The van der Waals surface area contributed by atoms with Gasteiger partial charge in [0.25, 0.3) is 0 Å². The Labute approximate surface area is 113 Å². The van der Waals surface area contributed by atoms with Gasteiger partial charge in [-0.2, -0.15) is 0 Å². The van der Waals surface area contributed by atoms with E-state index < -0.39 is 11.4 Å². The van der Waals surface area contributed by atoms with Crippen molar-refractivity contribution in [3.63, 3.8) is 0 Å². The van der Waals surface area contributed by atoms with E-state index in [1.54, 1.807) is 19.1 Å². The van der Waals surface area contributed by atoms with Gasteiger partial charge in [0.15, 0.2) is 0 Å². The largest absolute Gasteiger partial charge is 0.372 e. The zero-order chi connectivity index (χ0) is 14.6. The molecule has 1 unspecified atom stereocenters. The smallest absolute Gasteiger partial charge is 0.239 e. The molecule has 0 fully saturated rings. The standard InChI is InChI=1S/C14H22FN3O/c1-10(2)17-14(3,13(16)19)9-18(4)12-7-5-11(15)6-8-12/h5-8,10,17H,9H2,1-4H3,(H2,16,19). The maximum atomic E-state index is 12.9. The zero-order valence-corrected chi connectivity index (χ0v) is 11.9. The van der Waals surface area contributed by atoms with Crippen LogP contribution in [-0.2, 0) is 4.79 Å². The number of benzene rings is 1. The maximum absolute atomic E-state index is 12.9. The molecule has 1 amide bonds. The molecule has 1 aromatic rings. The molecule has 3 N–H and O–H groups in total. The number of nitrogens with one attached hydrogen (secondary N) is 1. The second kappa shape index (κ2) is 6.02. The highest BCUT2D eigenvalue weighted by Gasteiger charge is 2.32. The SMILES string of the molecule is CC(C)NC(C)(CN(C)c1ccc(F)cc1)C(N)=O. The molecule has 1 atom stereocenters. The number of carbonyl (C=O) groups is 1. The normalized spacial score (nSPS) is 14.2. The zero-order valence-electron chi connectivity index (χ0n) is 11.9. The molecule has 0 saturated heterocycles. The lowest BCUT2D eigenvalue weighted by Crippen LogP contribution is -2.61. The Balaban J connectivity index is 2.84. The number of hydrogen-bond acceptors (Lipinski definition) is 3. The third-order valence-corrected chi connectivity index (χ3v) is 2.97. The number of nitrogens with zero attached hydrogens (tertiary/aromatic N) is 1. The van der Waals surface area contributed by atoms with Crippen LogP contribution in [0.1, 0.15) is 20.8 Å². The van der Waals surface area contributed by atoms with Crippen molar-refractivity contribution in [2.75, 3.05) is 18.5 Å². The van der Waals surface area contributed by atoms with E-state index in [0.29, 0.717) is 6.54 Å². The van der Waals surface area contributed by atoms with Gasteiger partial charge in [0.1, 0.15) is 11.4 Å². The predicted molar refractivity (Wildman–Crippen MR) is 75.5 cm³/mol. The van der Waals surface area contributed by atoms with Gasteiger partial charge in [-0.25, -0.2) is 4.39 Å². The summed E-state index contributed by atoms with van der Waals surface area (Å²) in [6, 6.07) is 6.27. The number of primary amides is 1. The fourth-order valence-electron chi connectivity index (χ4n) is 2.09. The summed E-state index contributed by atoms with van der Waals surface area (Å²) in [5.74, 6) is -0.690. The van der Waals surface area contributed by atoms with Crippen molar-refractivity contribution in [1.82, 2.24) is 5.32 Å². The number of amides is 1. The van der Waals surface area contributed by atoms with Crippen LogP contribution in [0.2, 0.25) is 0 Å². The van der Waals surface area contributed by atoms with E-state index in [0.717, 1.165) is 5.69 Å². The summed E-state index contributed by atoms with van der Waals surface area (Å²) in [7, 11) is 1.84. The van der Waals surface area contributed by atoms with Gasteiger partial charge in [0.05, 0.1) is 0 Å². The number of halogens is 1. The first-order valence-corrected chi connectivity index (χ1v) is 6.29.